The first-order valence-electron chi connectivity index (χ1n) is 17.3. The van der Waals surface area contributed by atoms with Crippen LogP contribution >= 0.6 is 13.5 Å². The van der Waals surface area contributed by atoms with E-state index in [0.717, 1.165) is 0 Å². The van der Waals surface area contributed by atoms with E-state index in [4.69, 9.17) is 23.9 Å². The average molecular weight is 770 g/mol. The molecule has 2 heterocycles. The Morgan fingerprint density at radius 2 is 0.855 bits per heavy atom. The molecule has 0 unspecified atom stereocenters. The SMILES string of the molecule is COC(=O)C1=C(C(=O)OC)P2(c3ccccc3)(c3ccccc3)C(C(=O)OC)=C(C(=O)OC)P(c3ccccc3)(c3ccccc3)=C2C1=Nc1ccccc1. The molecule has 0 amide bonds. The van der Waals surface area contributed by atoms with E-state index in [2.05, 4.69) is 0 Å². The summed E-state index contributed by atoms with van der Waals surface area (Å²) in [5, 5.41) is 2.45. The van der Waals surface area contributed by atoms with Crippen molar-refractivity contribution in [3.05, 3.63) is 173 Å². The molecule has 0 aliphatic carbocycles. The second-order valence-corrected chi connectivity index (χ2v) is 20.9. The summed E-state index contributed by atoms with van der Waals surface area (Å²) in [6.45, 7) is -9.16. The molecule has 0 atom stereocenters. The molecular formula is C44H37NO8P2. The number of carbonyl (C=O) groups excluding carboxylic acids is 4. The standard InChI is InChI=1S/C44H37NO8P2/c1-50-40(46)35-36(45-30-20-10-5-11-21-30)44-54(31-22-12-6-13-23-31,32-24-14-7-15-25-32)37(41(47)51-2)39(43(49)53-4)55(44,38(35)42(48)52-3,33-26-16-8-17-27-33)34-28-18-9-19-29-34/h5-29H,1-4H3. The number of nitrogens with zero attached hydrogens (tertiary/aromatic N) is 1. The molecule has 2 aliphatic heterocycles. The number of aliphatic imine (C=N–C) groups is 1. The van der Waals surface area contributed by atoms with Gasteiger partial charge in [-0.15, -0.1) is 0 Å². The average Bonchev–Trinajstić information content (AvgIpc) is 3.67. The van der Waals surface area contributed by atoms with Gasteiger partial charge in [0.15, 0.2) is 0 Å². The van der Waals surface area contributed by atoms with Crippen LogP contribution in [0.4, 0.5) is 5.69 Å². The molecule has 7 rings (SSSR count). The monoisotopic (exact) mass is 769 g/mol. The van der Waals surface area contributed by atoms with Crippen molar-refractivity contribution in [1.29, 1.82) is 0 Å². The van der Waals surface area contributed by atoms with Crippen LogP contribution in [0, 0.1) is 0 Å². The number of hydrogen-bond acceptors (Lipinski definition) is 9. The second kappa shape index (κ2) is 14.6. The van der Waals surface area contributed by atoms with Gasteiger partial charge >= 0.3 is 320 Å². The summed E-state index contributed by atoms with van der Waals surface area (Å²) in [6, 6.07) is 45.8. The third-order valence-electron chi connectivity index (χ3n) is 10.2. The normalized spacial score (nSPS) is 17.8. The first-order chi connectivity index (χ1) is 26.8. The Morgan fingerprint density at radius 3 is 1.27 bits per heavy atom. The van der Waals surface area contributed by atoms with Gasteiger partial charge in [0, 0.05) is 0 Å². The molecular weight excluding hydrogens is 732 g/mol. The molecule has 0 saturated carbocycles. The summed E-state index contributed by atoms with van der Waals surface area (Å²) in [5.74, 6) is -3.48. The van der Waals surface area contributed by atoms with Crippen LogP contribution in [0.15, 0.2) is 178 Å². The number of hydrogen-bond donors (Lipinski definition) is 0. The number of ether oxygens (including phenoxy) is 4. The van der Waals surface area contributed by atoms with E-state index in [-0.39, 0.29) is 27.2 Å². The first-order valence-corrected chi connectivity index (χ1v) is 21.3. The molecule has 0 fully saturated rings. The van der Waals surface area contributed by atoms with Gasteiger partial charge in [-0.25, -0.2) is 0 Å². The van der Waals surface area contributed by atoms with Gasteiger partial charge in [0.05, 0.1) is 0 Å². The molecule has 0 N–H and O–H groups in total. The van der Waals surface area contributed by atoms with Gasteiger partial charge in [-0.3, -0.25) is 0 Å². The summed E-state index contributed by atoms with van der Waals surface area (Å²) in [5.41, 5.74) is 0.353. The van der Waals surface area contributed by atoms with Gasteiger partial charge in [-0.05, 0) is 0 Å². The van der Waals surface area contributed by atoms with Crippen LogP contribution in [0.5, 0.6) is 0 Å². The van der Waals surface area contributed by atoms with Gasteiger partial charge in [0.2, 0.25) is 0 Å². The van der Waals surface area contributed by atoms with Crippen LogP contribution in [0.2, 0.25) is 0 Å². The van der Waals surface area contributed by atoms with Crippen LogP contribution in [0.1, 0.15) is 0 Å². The zero-order valence-corrected chi connectivity index (χ0v) is 32.3. The molecule has 0 saturated heterocycles. The molecule has 5 aromatic carbocycles. The van der Waals surface area contributed by atoms with Crippen LogP contribution in [-0.2, 0) is 38.1 Å². The molecule has 11 heteroatoms. The van der Waals surface area contributed by atoms with Crippen LogP contribution in [0.3, 0.4) is 0 Å². The number of rotatable bonds is 9. The predicted octanol–water partition coefficient (Wildman–Crippen LogP) is 5.95. The molecule has 2 aliphatic rings. The van der Waals surface area contributed by atoms with E-state index in [1.165, 1.54) is 28.4 Å². The van der Waals surface area contributed by atoms with Gasteiger partial charge in [-0.1, -0.05) is 0 Å². The summed E-state index contributed by atoms with van der Waals surface area (Å²) >= 11 is 0. The topological polar surface area (TPSA) is 118 Å². The predicted molar refractivity (Wildman–Crippen MR) is 219 cm³/mol. The number of esters is 4. The van der Waals surface area contributed by atoms with Crippen molar-refractivity contribution < 1.29 is 38.1 Å². The number of fused-ring (bicyclic) bond motifs is 1. The molecule has 276 valence electrons. The minimum atomic E-state index is -5.36. The van der Waals surface area contributed by atoms with Crippen molar-refractivity contribution in [2.24, 2.45) is 4.99 Å². The Kier molecular flexibility index (Phi) is 9.87. The summed E-state index contributed by atoms with van der Waals surface area (Å²) in [6.07, 6.45) is 0. The maximum atomic E-state index is 15.4. The fourth-order valence-corrected chi connectivity index (χ4v) is 24.8. The van der Waals surface area contributed by atoms with Crippen molar-refractivity contribution in [1.82, 2.24) is 0 Å². The zero-order valence-electron chi connectivity index (χ0n) is 30.5. The van der Waals surface area contributed by atoms with Crippen molar-refractivity contribution in [2.75, 3.05) is 28.4 Å². The number of para-hydroxylation sites is 1. The van der Waals surface area contributed by atoms with E-state index in [1.807, 2.05) is 103 Å². The summed E-state index contributed by atoms with van der Waals surface area (Å²) in [4.78, 5) is 65.8. The van der Waals surface area contributed by atoms with Gasteiger partial charge < -0.3 is 0 Å². The second-order valence-electron chi connectivity index (χ2n) is 12.6. The van der Waals surface area contributed by atoms with Gasteiger partial charge in [-0.2, -0.15) is 0 Å². The van der Waals surface area contributed by atoms with Gasteiger partial charge in [0.25, 0.3) is 0 Å². The molecule has 0 aromatic heterocycles. The fourth-order valence-electron chi connectivity index (χ4n) is 8.36. The van der Waals surface area contributed by atoms with Crippen LogP contribution in [-0.4, -0.2) is 63.1 Å². The van der Waals surface area contributed by atoms with E-state index in [0.29, 0.717) is 31.9 Å². The third kappa shape index (κ3) is 5.00. The van der Waals surface area contributed by atoms with Crippen LogP contribution < -0.4 is 21.2 Å². The van der Waals surface area contributed by atoms with Crippen molar-refractivity contribution >= 4 is 75.0 Å². The third-order valence-corrected chi connectivity index (χ3v) is 22.9. The van der Waals surface area contributed by atoms with Gasteiger partial charge in [0.1, 0.15) is 0 Å². The van der Waals surface area contributed by atoms with Crippen molar-refractivity contribution in [3.63, 3.8) is 0 Å². The molecule has 9 nitrogen and oxygen atoms in total. The Labute approximate surface area is 318 Å². The number of carbonyl (C=O) groups is 4. The van der Waals surface area contributed by atoms with E-state index < -0.39 is 37.4 Å². The van der Waals surface area contributed by atoms with E-state index >= 15 is 14.4 Å². The Balaban J connectivity index is 2.05. The fraction of sp³-hybridized carbons (Fsp3) is 0.0909. The zero-order chi connectivity index (χ0) is 38.8. The molecule has 0 radical (unpaired) electrons. The molecule has 5 aromatic rings. The maximum absolute atomic E-state index is 15.4. The Bertz CT molecular complexity index is 2410. The van der Waals surface area contributed by atoms with E-state index in [1.54, 1.807) is 48.5 Å². The Hall–Kier alpha value is -6.14. The van der Waals surface area contributed by atoms with E-state index in [9.17, 15) is 4.79 Å². The van der Waals surface area contributed by atoms with Crippen LogP contribution in [0.25, 0.3) is 0 Å². The van der Waals surface area contributed by atoms with Crippen molar-refractivity contribution in [3.8, 4) is 0 Å². The number of methoxy groups -OCH3 is 4. The molecule has 0 bridgehead atoms. The first kappa shape index (κ1) is 37.2. The molecule has 0 spiro atoms. The minimum absolute atomic E-state index is 0.0192. The quantitative estimate of drug-likeness (QED) is 0.103. The summed E-state index contributed by atoms with van der Waals surface area (Å²) < 4.78 is 22.8. The van der Waals surface area contributed by atoms with Crippen molar-refractivity contribution in [2.45, 2.75) is 0 Å². The number of benzene rings is 5. The molecule has 55 heavy (non-hydrogen) atoms. The summed E-state index contributed by atoms with van der Waals surface area (Å²) in [7, 11) is 4.93. The Morgan fingerprint density at radius 1 is 0.473 bits per heavy atom.